The van der Waals surface area contributed by atoms with E-state index in [2.05, 4.69) is 47.7 Å². The van der Waals surface area contributed by atoms with Gasteiger partial charge in [-0.2, -0.15) is 5.10 Å². The predicted molar refractivity (Wildman–Crippen MR) is 135 cm³/mol. The summed E-state index contributed by atoms with van der Waals surface area (Å²) < 4.78 is 25.7. The number of aryl methyl sites for hydroxylation is 1. The van der Waals surface area contributed by atoms with Crippen molar-refractivity contribution >= 4 is 55.6 Å². The molecule has 0 bridgehead atoms. The predicted octanol–water partition coefficient (Wildman–Crippen LogP) is 5.34. The second-order valence-corrected chi connectivity index (χ2v) is 8.83. The van der Waals surface area contributed by atoms with Gasteiger partial charge in [-0.15, -0.1) is 0 Å². The van der Waals surface area contributed by atoms with Crippen LogP contribution in [0.15, 0.2) is 68.6 Å². The number of carbonyl (C=O) groups excluding carboxylic acids is 2. The van der Waals surface area contributed by atoms with Crippen LogP contribution in [0.4, 0.5) is 10.1 Å². The number of anilines is 1. The maximum absolute atomic E-state index is 13.1. The van der Waals surface area contributed by atoms with Gasteiger partial charge in [-0.25, -0.2) is 9.82 Å². The number of nitrogens with zero attached hydrogens (tertiary/aromatic N) is 1. The number of rotatable bonds is 7. The Morgan fingerprint density at radius 3 is 2.47 bits per heavy atom. The molecule has 0 saturated heterocycles. The molecule has 2 amide bonds. The Bertz CT molecular complexity index is 1230. The molecule has 0 aliphatic rings. The van der Waals surface area contributed by atoms with Crippen molar-refractivity contribution in [1.29, 1.82) is 0 Å². The van der Waals surface area contributed by atoms with Crippen LogP contribution in [0.2, 0.25) is 0 Å². The number of carbonyl (C=O) groups is 2. The highest BCUT2D eigenvalue weighted by molar-refractivity contribution is 9.10. The van der Waals surface area contributed by atoms with Gasteiger partial charge in [0.15, 0.2) is 11.5 Å². The molecule has 10 heteroatoms. The number of benzene rings is 3. The number of nitrogens with one attached hydrogen (secondary N) is 2. The quantitative estimate of drug-likeness (QED) is 0.220. The minimum atomic E-state index is -0.913. The number of halogens is 3. The van der Waals surface area contributed by atoms with Crippen LogP contribution in [-0.2, 0) is 16.2 Å². The Labute approximate surface area is 212 Å². The second-order valence-electron chi connectivity index (χ2n) is 7.06. The summed E-state index contributed by atoms with van der Waals surface area (Å²) in [7, 11) is 1.49. The minimum Gasteiger partial charge on any atom is -0.493 e. The highest BCUT2D eigenvalue weighted by atomic mass is 79.9. The Hall–Kier alpha value is -3.24. The number of hydrogen-bond donors (Lipinski definition) is 2. The smallest absolute Gasteiger partial charge is 0.329 e. The molecule has 0 fully saturated rings. The topological polar surface area (TPSA) is 89.0 Å². The van der Waals surface area contributed by atoms with Gasteiger partial charge in [-0.1, -0.05) is 28.1 Å². The fourth-order valence-electron chi connectivity index (χ4n) is 2.85. The van der Waals surface area contributed by atoms with E-state index in [4.69, 9.17) is 9.47 Å². The minimum absolute atomic E-state index is 0.214. The van der Waals surface area contributed by atoms with Crippen LogP contribution in [0.1, 0.15) is 16.7 Å². The summed E-state index contributed by atoms with van der Waals surface area (Å²) in [6, 6.07) is 14.6. The van der Waals surface area contributed by atoms with E-state index in [0.717, 1.165) is 15.6 Å². The first-order chi connectivity index (χ1) is 16.3. The van der Waals surface area contributed by atoms with E-state index < -0.39 is 11.8 Å². The molecular weight excluding hydrogens is 573 g/mol. The maximum atomic E-state index is 13.1. The van der Waals surface area contributed by atoms with E-state index in [1.165, 1.54) is 25.5 Å². The monoisotopic (exact) mass is 591 g/mol. The molecule has 0 aromatic heterocycles. The Balaban J connectivity index is 1.62. The lowest BCUT2D eigenvalue weighted by Gasteiger charge is -2.13. The summed E-state index contributed by atoms with van der Waals surface area (Å²) in [5, 5.41) is 6.38. The molecule has 0 saturated carbocycles. The fraction of sp³-hybridized carbons (Fsp3) is 0.125. The molecule has 2 N–H and O–H groups in total. The average molecular weight is 593 g/mol. The largest absolute Gasteiger partial charge is 0.493 e. The van der Waals surface area contributed by atoms with Crippen molar-refractivity contribution in [2.45, 2.75) is 13.5 Å². The third-order valence-corrected chi connectivity index (χ3v) is 5.65. The van der Waals surface area contributed by atoms with Crippen LogP contribution in [0.5, 0.6) is 11.5 Å². The fourth-order valence-corrected chi connectivity index (χ4v) is 3.90. The lowest BCUT2D eigenvalue weighted by molar-refractivity contribution is -0.136. The van der Waals surface area contributed by atoms with E-state index in [0.29, 0.717) is 27.2 Å². The summed E-state index contributed by atoms with van der Waals surface area (Å²) in [6.07, 6.45) is 1.37. The van der Waals surface area contributed by atoms with Crippen molar-refractivity contribution in [2.24, 2.45) is 5.10 Å². The summed E-state index contributed by atoms with van der Waals surface area (Å²) in [5.74, 6) is -1.20. The molecule has 0 unspecified atom stereocenters. The number of hydrazone groups is 1. The van der Waals surface area contributed by atoms with E-state index in [1.807, 2.05) is 13.0 Å². The Morgan fingerprint density at radius 2 is 1.79 bits per heavy atom. The van der Waals surface area contributed by atoms with Gasteiger partial charge in [0.25, 0.3) is 0 Å². The van der Waals surface area contributed by atoms with Crippen molar-refractivity contribution in [3.63, 3.8) is 0 Å². The summed E-state index contributed by atoms with van der Waals surface area (Å²) >= 11 is 6.78. The van der Waals surface area contributed by atoms with Crippen LogP contribution in [0.3, 0.4) is 0 Å². The first-order valence-corrected chi connectivity index (χ1v) is 11.5. The van der Waals surface area contributed by atoms with Gasteiger partial charge in [0, 0.05) is 10.2 Å². The molecule has 3 aromatic rings. The van der Waals surface area contributed by atoms with Crippen molar-refractivity contribution in [3.05, 3.63) is 86.1 Å². The zero-order chi connectivity index (χ0) is 24.7. The van der Waals surface area contributed by atoms with Crippen molar-refractivity contribution in [1.82, 2.24) is 5.43 Å². The number of methoxy groups -OCH3 is 1. The van der Waals surface area contributed by atoms with Gasteiger partial charge in [-0.3, -0.25) is 9.59 Å². The van der Waals surface area contributed by atoms with Gasteiger partial charge in [0.1, 0.15) is 12.4 Å². The van der Waals surface area contributed by atoms with E-state index >= 15 is 0 Å². The van der Waals surface area contributed by atoms with Crippen molar-refractivity contribution in [2.75, 3.05) is 12.4 Å². The van der Waals surface area contributed by atoms with Gasteiger partial charge in [0.05, 0.1) is 17.8 Å². The first kappa shape index (κ1) is 25.4. The average Bonchev–Trinajstić information content (AvgIpc) is 2.80. The van der Waals surface area contributed by atoms with Crippen molar-refractivity contribution < 1.29 is 23.5 Å². The van der Waals surface area contributed by atoms with Gasteiger partial charge in [0.2, 0.25) is 0 Å². The second kappa shape index (κ2) is 11.8. The normalized spacial score (nSPS) is 10.7. The van der Waals surface area contributed by atoms with Gasteiger partial charge in [-0.05, 0) is 82.0 Å². The number of amides is 2. The molecule has 0 heterocycles. The summed E-state index contributed by atoms with van der Waals surface area (Å²) in [4.78, 5) is 24.2. The van der Waals surface area contributed by atoms with Crippen LogP contribution in [-0.4, -0.2) is 25.1 Å². The standard InChI is InChI=1S/C24H20Br2FN3O4/c1-14-9-17(25)5-8-20(14)29-23(31)24(32)30-28-12-16-10-19(26)22(21(11-16)33-2)34-13-15-3-6-18(27)7-4-15/h3-12H,13H2,1-2H3,(H,29,31)(H,30,32)/b28-12+. The zero-order valence-corrected chi connectivity index (χ0v) is 21.4. The highest BCUT2D eigenvalue weighted by Crippen LogP contribution is 2.36. The summed E-state index contributed by atoms with van der Waals surface area (Å²) in [5.41, 5.74) is 4.90. The highest BCUT2D eigenvalue weighted by Gasteiger charge is 2.15. The van der Waals surface area contributed by atoms with Crippen molar-refractivity contribution in [3.8, 4) is 11.5 Å². The van der Waals surface area contributed by atoms with Crippen LogP contribution >= 0.6 is 31.9 Å². The molecule has 0 radical (unpaired) electrons. The number of ether oxygens (including phenoxy) is 2. The Morgan fingerprint density at radius 1 is 1.06 bits per heavy atom. The molecular formula is C24H20Br2FN3O4. The van der Waals surface area contributed by atoms with Gasteiger partial charge < -0.3 is 14.8 Å². The molecule has 0 aliphatic carbocycles. The van der Waals surface area contributed by atoms with E-state index in [9.17, 15) is 14.0 Å². The third kappa shape index (κ3) is 6.88. The molecule has 3 aromatic carbocycles. The SMILES string of the molecule is COc1cc(/C=N/NC(=O)C(=O)Nc2ccc(Br)cc2C)cc(Br)c1OCc1ccc(F)cc1. The van der Waals surface area contributed by atoms with Crippen LogP contribution in [0.25, 0.3) is 0 Å². The van der Waals surface area contributed by atoms with Gasteiger partial charge >= 0.3 is 11.8 Å². The Kier molecular flexibility index (Phi) is 8.78. The molecule has 7 nitrogen and oxygen atoms in total. The molecule has 3 rings (SSSR count). The third-order valence-electron chi connectivity index (χ3n) is 4.57. The molecule has 0 atom stereocenters. The molecule has 0 aliphatic heterocycles. The van der Waals surface area contributed by atoms with Crippen LogP contribution in [0, 0.1) is 12.7 Å². The maximum Gasteiger partial charge on any atom is 0.329 e. The zero-order valence-electron chi connectivity index (χ0n) is 18.2. The summed E-state index contributed by atoms with van der Waals surface area (Å²) in [6.45, 7) is 2.03. The first-order valence-electron chi connectivity index (χ1n) is 9.92. The molecule has 0 spiro atoms. The van der Waals surface area contributed by atoms with E-state index in [-0.39, 0.29) is 12.4 Å². The number of hydrogen-bond acceptors (Lipinski definition) is 5. The lowest BCUT2D eigenvalue weighted by Crippen LogP contribution is -2.32. The molecule has 34 heavy (non-hydrogen) atoms. The molecule has 176 valence electrons. The van der Waals surface area contributed by atoms with E-state index in [1.54, 1.807) is 36.4 Å². The van der Waals surface area contributed by atoms with Crippen LogP contribution < -0.4 is 20.2 Å². The lowest BCUT2D eigenvalue weighted by atomic mass is 10.2.